The molecule has 4 rings (SSSR count). The van der Waals surface area contributed by atoms with E-state index in [1.165, 1.54) is 10.9 Å². The molecule has 0 amide bonds. The molecule has 154 valence electrons. The van der Waals surface area contributed by atoms with Gasteiger partial charge in [0.05, 0.1) is 19.3 Å². The Labute approximate surface area is 170 Å². The molecule has 0 saturated carbocycles. The van der Waals surface area contributed by atoms with Crippen LogP contribution in [0.4, 0.5) is 0 Å². The number of carbonyl (C=O) groups excluding carboxylic acids is 1. The molecule has 0 aliphatic heterocycles. The second kappa shape index (κ2) is 7.82. The normalized spacial score (nSPS) is 11.0. The minimum Gasteiger partial charge on any atom is -0.496 e. The average molecular weight is 410 g/mol. The van der Waals surface area contributed by atoms with Gasteiger partial charge in [-0.25, -0.2) is 9.78 Å². The van der Waals surface area contributed by atoms with Crippen LogP contribution in [0.2, 0.25) is 0 Å². The highest BCUT2D eigenvalue weighted by atomic mass is 16.5. The Hall–Kier alpha value is -3.95. The van der Waals surface area contributed by atoms with Gasteiger partial charge in [0.25, 0.3) is 5.56 Å². The molecule has 0 bridgehead atoms. The summed E-state index contributed by atoms with van der Waals surface area (Å²) in [6.45, 7) is 3.40. The highest BCUT2D eigenvalue weighted by molar-refractivity contribution is 6.03. The SMILES string of the molecule is CCOC(=O)c1c(C)oc2ncn(Cc3nc(-c4ccccc4OC)no3)c(=O)c12. The zero-order valence-electron chi connectivity index (χ0n) is 16.5. The van der Waals surface area contributed by atoms with Crippen LogP contribution in [-0.4, -0.2) is 39.4 Å². The average Bonchev–Trinajstić information content (AvgIpc) is 3.34. The second-order valence-corrected chi connectivity index (χ2v) is 6.32. The van der Waals surface area contributed by atoms with Crippen molar-refractivity contribution in [1.29, 1.82) is 0 Å². The molecular formula is C20H18N4O6. The van der Waals surface area contributed by atoms with Crippen molar-refractivity contribution in [3.8, 4) is 17.1 Å². The number of esters is 1. The number of hydrogen-bond donors (Lipinski definition) is 0. The first-order chi connectivity index (χ1) is 14.5. The topological polar surface area (TPSA) is 122 Å². The number of para-hydroxylation sites is 1. The number of fused-ring (bicyclic) bond motifs is 1. The highest BCUT2D eigenvalue weighted by Gasteiger charge is 2.24. The van der Waals surface area contributed by atoms with Gasteiger partial charge in [0.15, 0.2) is 0 Å². The van der Waals surface area contributed by atoms with E-state index in [2.05, 4.69) is 15.1 Å². The summed E-state index contributed by atoms with van der Waals surface area (Å²) in [5, 5.41) is 4.02. The van der Waals surface area contributed by atoms with Gasteiger partial charge in [-0.1, -0.05) is 17.3 Å². The molecule has 1 aromatic carbocycles. The number of rotatable bonds is 6. The van der Waals surface area contributed by atoms with Gasteiger partial charge in [-0.2, -0.15) is 4.98 Å². The lowest BCUT2D eigenvalue weighted by Gasteiger charge is -2.03. The first kappa shape index (κ1) is 19.4. The molecule has 0 spiro atoms. The van der Waals surface area contributed by atoms with Crippen LogP contribution in [0.15, 0.2) is 44.3 Å². The summed E-state index contributed by atoms with van der Waals surface area (Å²) in [7, 11) is 1.55. The fraction of sp³-hybridized carbons (Fsp3) is 0.250. The zero-order valence-corrected chi connectivity index (χ0v) is 16.5. The van der Waals surface area contributed by atoms with Crippen molar-refractivity contribution in [1.82, 2.24) is 19.7 Å². The van der Waals surface area contributed by atoms with E-state index in [1.807, 2.05) is 12.1 Å². The number of aryl methyl sites for hydroxylation is 1. The highest BCUT2D eigenvalue weighted by Crippen LogP contribution is 2.27. The van der Waals surface area contributed by atoms with E-state index in [-0.39, 0.29) is 41.5 Å². The summed E-state index contributed by atoms with van der Waals surface area (Å²) in [5.74, 6) is 0.745. The van der Waals surface area contributed by atoms with Crippen molar-refractivity contribution in [3.63, 3.8) is 0 Å². The number of methoxy groups -OCH3 is 1. The molecule has 3 aromatic heterocycles. The standard InChI is InChI=1S/C20H18N4O6/c1-4-28-20(26)15-11(2)29-18-16(15)19(25)24(10-21-18)9-14-22-17(23-30-14)12-7-5-6-8-13(12)27-3/h5-8,10H,4,9H2,1-3H3. The van der Waals surface area contributed by atoms with Crippen molar-refractivity contribution >= 4 is 17.1 Å². The van der Waals surface area contributed by atoms with Crippen molar-refractivity contribution in [3.05, 3.63) is 58.2 Å². The number of hydrogen-bond acceptors (Lipinski definition) is 9. The number of ether oxygens (including phenoxy) is 2. The zero-order chi connectivity index (χ0) is 21.3. The molecule has 0 atom stereocenters. The molecule has 4 aromatic rings. The van der Waals surface area contributed by atoms with Gasteiger partial charge in [0.1, 0.15) is 35.3 Å². The lowest BCUT2D eigenvalue weighted by molar-refractivity contribution is 0.0526. The summed E-state index contributed by atoms with van der Waals surface area (Å²) in [5.41, 5.74) is 0.318. The third kappa shape index (κ3) is 3.32. The van der Waals surface area contributed by atoms with Crippen molar-refractivity contribution < 1.29 is 23.2 Å². The van der Waals surface area contributed by atoms with Crippen molar-refractivity contribution in [2.24, 2.45) is 0 Å². The number of benzene rings is 1. The van der Waals surface area contributed by atoms with E-state index in [9.17, 15) is 9.59 Å². The first-order valence-electron chi connectivity index (χ1n) is 9.15. The molecule has 10 nitrogen and oxygen atoms in total. The smallest absolute Gasteiger partial charge is 0.342 e. The van der Waals surface area contributed by atoms with E-state index in [4.69, 9.17) is 18.4 Å². The Kier molecular flexibility index (Phi) is 5.05. The Morgan fingerprint density at radius 1 is 1.27 bits per heavy atom. The van der Waals surface area contributed by atoms with Crippen LogP contribution < -0.4 is 10.3 Å². The maximum atomic E-state index is 13.0. The monoisotopic (exact) mass is 410 g/mol. The Bertz CT molecular complexity index is 1290. The Morgan fingerprint density at radius 2 is 2.07 bits per heavy atom. The van der Waals surface area contributed by atoms with E-state index >= 15 is 0 Å². The fourth-order valence-corrected chi connectivity index (χ4v) is 3.10. The van der Waals surface area contributed by atoms with Crippen LogP contribution in [0.5, 0.6) is 5.75 Å². The van der Waals surface area contributed by atoms with Gasteiger partial charge >= 0.3 is 5.97 Å². The van der Waals surface area contributed by atoms with Gasteiger partial charge in [0, 0.05) is 0 Å². The van der Waals surface area contributed by atoms with Crippen LogP contribution in [0.1, 0.15) is 28.9 Å². The maximum absolute atomic E-state index is 13.0. The van der Waals surface area contributed by atoms with E-state index in [0.29, 0.717) is 17.1 Å². The van der Waals surface area contributed by atoms with Gasteiger partial charge in [0.2, 0.25) is 17.4 Å². The number of aromatic nitrogens is 4. The van der Waals surface area contributed by atoms with Crippen molar-refractivity contribution in [2.45, 2.75) is 20.4 Å². The number of furan rings is 1. The van der Waals surface area contributed by atoms with Crippen LogP contribution >= 0.6 is 0 Å². The first-order valence-corrected chi connectivity index (χ1v) is 9.15. The molecule has 3 heterocycles. The van der Waals surface area contributed by atoms with E-state index in [1.54, 1.807) is 33.1 Å². The lowest BCUT2D eigenvalue weighted by Crippen LogP contribution is -2.22. The molecule has 0 fully saturated rings. The minimum atomic E-state index is -0.637. The van der Waals surface area contributed by atoms with Crippen molar-refractivity contribution in [2.75, 3.05) is 13.7 Å². The predicted molar refractivity (Wildman–Crippen MR) is 104 cm³/mol. The predicted octanol–water partition coefficient (Wildman–Crippen LogP) is 2.58. The van der Waals surface area contributed by atoms with E-state index in [0.717, 1.165) is 0 Å². The fourth-order valence-electron chi connectivity index (χ4n) is 3.10. The lowest BCUT2D eigenvalue weighted by atomic mass is 10.2. The molecular weight excluding hydrogens is 392 g/mol. The summed E-state index contributed by atoms with van der Waals surface area (Å²) in [6, 6.07) is 7.24. The third-order valence-electron chi connectivity index (χ3n) is 4.46. The van der Waals surface area contributed by atoms with Gasteiger partial charge in [-0.05, 0) is 26.0 Å². The van der Waals surface area contributed by atoms with Gasteiger partial charge in [-0.15, -0.1) is 0 Å². The van der Waals surface area contributed by atoms with Gasteiger partial charge in [-0.3, -0.25) is 9.36 Å². The Balaban J connectivity index is 1.71. The number of carbonyl (C=O) groups is 1. The van der Waals surface area contributed by atoms with Crippen LogP contribution in [0.3, 0.4) is 0 Å². The number of nitrogens with zero attached hydrogens (tertiary/aromatic N) is 4. The molecule has 0 aliphatic rings. The summed E-state index contributed by atoms with van der Waals surface area (Å²) < 4.78 is 22.4. The van der Waals surface area contributed by atoms with Crippen LogP contribution in [0, 0.1) is 6.92 Å². The summed E-state index contributed by atoms with van der Waals surface area (Å²) >= 11 is 0. The quantitative estimate of drug-likeness (QED) is 0.441. The molecule has 0 N–H and O–H groups in total. The second-order valence-electron chi connectivity index (χ2n) is 6.32. The van der Waals surface area contributed by atoms with Crippen LogP contribution in [0.25, 0.3) is 22.5 Å². The largest absolute Gasteiger partial charge is 0.496 e. The maximum Gasteiger partial charge on any atom is 0.342 e. The third-order valence-corrected chi connectivity index (χ3v) is 4.46. The van der Waals surface area contributed by atoms with Crippen LogP contribution in [-0.2, 0) is 11.3 Å². The Morgan fingerprint density at radius 3 is 2.83 bits per heavy atom. The molecule has 0 aliphatic carbocycles. The summed E-state index contributed by atoms with van der Waals surface area (Å²) in [4.78, 5) is 33.7. The van der Waals surface area contributed by atoms with Gasteiger partial charge < -0.3 is 18.4 Å². The van der Waals surface area contributed by atoms with E-state index < -0.39 is 11.5 Å². The molecule has 10 heteroatoms. The minimum absolute atomic E-state index is 0.0313. The molecule has 30 heavy (non-hydrogen) atoms. The molecule has 0 unspecified atom stereocenters. The molecule has 0 saturated heterocycles. The molecule has 0 radical (unpaired) electrons. The summed E-state index contributed by atoms with van der Waals surface area (Å²) in [6.07, 6.45) is 1.30.